The Morgan fingerprint density at radius 2 is 2.10 bits per heavy atom. The molecule has 1 amide bonds. The van der Waals surface area contributed by atoms with Crippen LogP contribution in [-0.4, -0.2) is 22.5 Å². The number of aromatic amines is 2. The summed E-state index contributed by atoms with van der Waals surface area (Å²) in [5.74, 6) is -0.0969. The minimum Gasteiger partial charge on any atom is -0.484 e. The van der Waals surface area contributed by atoms with Gasteiger partial charge in [-0.15, -0.1) is 0 Å². The monoisotopic (exact) mass is 309 g/mol. The number of H-pyrrole nitrogens is 2. The third-order valence-corrected chi connectivity index (χ3v) is 2.80. The van der Waals surface area contributed by atoms with Crippen molar-refractivity contribution < 1.29 is 9.53 Å². The van der Waals surface area contributed by atoms with Gasteiger partial charge in [0, 0.05) is 10.7 Å². The van der Waals surface area contributed by atoms with Crippen LogP contribution >= 0.6 is 11.6 Å². The Hall–Kier alpha value is -2.54. The van der Waals surface area contributed by atoms with Gasteiger partial charge in [0.2, 0.25) is 0 Å². The summed E-state index contributed by atoms with van der Waals surface area (Å²) in [5.41, 5.74) is -1.06. The summed E-state index contributed by atoms with van der Waals surface area (Å²) in [7, 11) is 0. The van der Waals surface area contributed by atoms with Crippen molar-refractivity contribution >= 4 is 23.2 Å². The van der Waals surface area contributed by atoms with E-state index in [0.717, 1.165) is 0 Å². The number of anilines is 1. The molecule has 0 radical (unpaired) electrons. The number of carbonyl (C=O) groups is 1. The van der Waals surface area contributed by atoms with Gasteiger partial charge in [-0.1, -0.05) is 17.7 Å². The molecule has 110 valence electrons. The Labute approximate surface area is 123 Å². The smallest absolute Gasteiger partial charge is 0.326 e. The van der Waals surface area contributed by atoms with Gasteiger partial charge in [-0.25, -0.2) is 4.79 Å². The van der Waals surface area contributed by atoms with Crippen molar-refractivity contribution in [1.82, 2.24) is 9.97 Å². The number of hydrogen-bond acceptors (Lipinski definition) is 4. The third kappa shape index (κ3) is 3.96. The fourth-order valence-electron chi connectivity index (χ4n) is 1.63. The van der Waals surface area contributed by atoms with E-state index < -0.39 is 17.2 Å². The van der Waals surface area contributed by atoms with Crippen LogP contribution in [0.3, 0.4) is 0 Å². The summed E-state index contributed by atoms with van der Waals surface area (Å²) in [6.45, 7) is 1.21. The molecule has 2 aromatic rings. The van der Waals surface area contributed by atoms with E-state index in [9.17, 15) is 14.4 Å². The number of nitrogens with one attached hydrogen (secondary N) is 3. The zero-order valence-electron chi connectivity index (χ0n) is 11.0. The zero-order chi connectivity index (χ0) is 15.4. The summed E-state index contributed by atoms with van der Waals surface area (Å²) >= 11 is 5.79. The van der Waals surface area contributed by atoms with Gasteiger partial charge in [0.05, 0.1) is 0 Å². The molecule has 0 saturated heterocycles. The molecule has 0 atom stereocenters. The fourth-order valence-corrected chi connectivity index (χ4v) is 1.81. The van der Waals surface area contributed by atoms with E-state index in [1.165, 1.54) is 6.92 Å². The molecule has 1 aromatic heterocycles. The van der Waals surface area contributed by atoms with Crippen LogP contribution in [0.15, 0.2) is 33.9 Å². The molecular weight excluding hydrogens is 298 g/mol. The van der Waals surface area contributed by atoms with E-state index >= 15 is 0 Å². The van der Waals surface area contributed by atoms with E-state index in [2.05, 4.69) is 10.3 Å². The van der Waals surface area contributed by atoms with Crippen LogP contribution in [0.25, 0.3) is 0 Å². The van der Waals surface area contributed by atoms with E-state index in [4.69, 9.17) is 16.3 Å². The van der Waals surface area contributed by atoms with Gasteiger partial charge in [-0.05, 0) is 25.1 Å². The molecule has 0 aliphatic rings. The van der Waals surface area contributed by atoms with Gasteiger partial charge < -0.3 is 15.0 Å². The second kappa shape index (κ2) is 6.27. The predicted molar refractivity (Wildman–Crippen MR) is 78.0 cm³/mol. The highest BCUT2D eigenvalue weighted by Gasteiger charge is 2.10. The Morgan fingerprint density at radius 3 is 2.76 bits per heavy atom. The van der Waals surface area contributed by atoms with E-state index in [-0.39, 0.29) is 18.0 Å². The third-order valence-electron chi connectivity index (χ3n) is 2.56. The number of halogens is 1. The summed E-state index contributed by atoms with van der Waals surface area (Å²) in [5, 5.41) is 2.87. The first kappa shape index (κ1) is 14.9. The second-order valence-electron chi connectivity index (χ2n) is 4.20. The molecule has 0 spiro atoms. The van der Waals surface area contributed by atoms with Crippen molar-refractivity contribution in [1.29, 1.82) is 0 Å². The number of benzene rings is 1. The number of carbonyl (C=O) groups excluding carboxylic acids is 1. The topological polar surface area (TPSA) is 104 Å². The first-order valence-corrected chi connectivity index (χ1v) is 6.35. The summed E-state index contributed by atoms with van der Waals surface area (Å²) in [6.07, 6.45) is 0. The van der Waals surface area contributed by atoms with Gasteiger partial charge >= 0.3 is 5.69 Å². The van der Waals surface area contributed by atoms with E-state index in [1.54, 1.807) is 24.3 Å². The highest BCUT2D eigenvalue weighted by molar-refractivity contribution is 6.30. The molecule has 8 heteroatoms. The number of ether oxygens (including phenoxy) is 1. The van der Waals surface area contributed by atoms with Gasteiger partial charge in [0.25, 0.3) is 11.5 Å². The molecule has 2 rings (SSSR count). The SMILES string of the molecule is Cc1[nH]c(=O)[nH]c(=O)c1NC(=O)COc1cccc(Cl)c1. The number of aryl methyl sites for hydroxylation is 1. The number of rotatable bonds is 4. The molecule has 1 aromatic carbocycles. The minimum atomic E-state index is -0.674. The van der Waals surface area contributed by atoms with Crippen molar-refractivity contribution in [2.75, 3.05) is 11.9 Å². The van der Waals surface area contributed by atoms with Crippen LogP contribution in [0.2, 0.25) is 5.02 Å². The van der Waals surface area contributed by atoms with Crippen molar-refractivity contribution in [3.8, 4) is 5.75 Å². The fraction of sp³-hybridized carbons (Fsp3) is 0.154. The van der Waals surface area contributed by atoms with Crippen molar-refractivity contribution in [3.63, 3.8) is 0 Å². The van der Waals surface area contributed by atoms with Crippen LogP contribution in [0, 0.1) is 6.92 Å². The van der Waals surface area contributed by atoms with E-state index in [1.807, 2.05) is 4.98 Å². The molecule has 3 N–H and O–H groups in total. The standard InChI is InChI=1S/C13H12ClN3O4/c1-7-11(12(19)17-13(20)15-7)16-10(18)6-21-9-4-2-3-8(14)5-9/h2-5H,6H2,1H3,(H,16,18)(H2,15,17,19,20). The Kier molecular flexibility index (Phi) is 4.44. The van der Waals surface area contributed by atoms with Gasteiger partial charge in [-0.2, -0.15) is 0 Å². The highest BCUT2D eigenvalue weighted by Crippen LogP contribution is 2.16. The Bertz CT molecular complexity index is 781. The molecular formula is C13H12ClN3O4. The van der Waals surface area contributed by atoms with Crippen LogP contribution in [0.4, 0.5) is 5.69 Å². The molecule has 0 saturated carbocycles. The number of hydrogen-bond donors (Lipinski definition) is 3. The second-order valence-corrected chi connectivity index (χ2v) is 4.64. The molecule has 0 bridgehead atoms. The highest BCUT2D eigenvalue weighted by atomic mass is 35.5. The molecule has 1 heterocycles. The van der Waals surface area contributed by atoms with Crippen molar-refractivity contribution in [2.45, 2.75) is 6.92 Å². The van der Waals surface area contributed by atoms with Crippen LogP contribution in [0.1, 0.15) is 5.69 Å². The predicted octanol–water partition coefficient (Wildman–Crippen LogP) is 1.04. The van der Waals surface area contributed by atoms with Crippen LogP contribution < -0.4 is 21.3 Å². The quantitative estimate of drug-likeness (QED) is 0.785. The van der Waals surface area contributed by atoms with Crippen molar-refractivity contribution in [2.24, 2.45) is 0 Å². The normalized spacial score (nSPS) is 10.2. The molecule has 0 aliphatic carbocycles. The van der Waals surface area contributed by atoms with Crippen molar-refractivity contribution in [3.05, 3.63) is 55.8 Å². The molecule has 0 fully saturated rings. The lowest BCUT2D eigenvalue weighted by Crippen LogP contribution is -2.30. The Morgan fingerprint density at radius 1 is 1.33 bits per heavy atom. The maximum Gasteiger partial charge on any atom is 0.326 e. The Balaban J connectivity index is 2.03. The molecule has 0 aliphatic heterocycles. The molecule has 21 heavy (non-hydrogen) atoms. The number of aromatic nitrogens is 2. The lowest BCUT2D eigenvalue weighted by Gasteiger charge is -2.08. The van der Waals surface area contributed by atoms with E-state index in [0.29, 0.717) is 10.8 Å². The minimum absolute atomic E-state index is 0.0192. The van der Waals surface area contributed by atoms with Gasteiger partial charge in [-0.3, -0.25) is 14.6 Å². The van der Waals surface area contributed by atoms with Crippen LogP contribution in [0.5, 0.6) is 5.75 Å². The zero-order valence-corrected chi connectivity index (χ0v) is 11.8. The lowest BCUT2D eigenvalue weighted by atomic mass is 10.3. The first-order valence-electron chi connectivity index (χ1n) is 5.97. The van der Waals surface area contributed by atoms with Gasteiger partial charge in [0.1, 0.15) is 11.4 Å². The summed E-state index contributed by atoms with van der Waals surface area (Å²) in [6, 6.07) is 6.58. The molecule has 7 nitrogen and oxygen atoms in total. The average molecular weight is 310 g/mol. The van der Waals surface area contributed by atoms with Crippen LogP contribution in [-0.2, 0) is 4.79 Å². The summed E-state index contributed by atoms with van der Waals surface area (Å²) in [4.78, 5) is 38.8. The average Bonchev–Trinajstić information content (AvgIpc) is 2.40. The number of amides is 1. The summed E-state index contributed by atoms with van der Waals surface area (Å²) < 4.78 is 5.24. The maximum atomic E-state index is 11.7. The lowest BCUT2D eigenvalue weighted by molar-refractivity contribution is -0.118. The first-order chi connectivity index (χ1) is 9.95. The largest absolute Gasteiger partial charge is 0.484 e. The molecule has 0 unspecified atom stereocenters. The van der Waals surface area contributed by atoms with Gasteiger partial charge in [0.15, 0.2) is 6.61 Å². The maximum absolute atomic E-state index is 11.7.